The van der Waals surface area contributed by atoms with Crippen molar-refractivity contribution < 1.29 is 9.53 Å². The normalized spacial score (nSPS) is 13.4. The number of hydrogen-bond acceptors (Lipinski definition) is 3. The van der Waals surface area contributed by atoms with Gasteiger partial charge in [0.1, 0.15) is 5.75 Å². The van der Waals surface area contributed by atoms with Crippen molar-refractivity contribution in [1.82, 2.24) is 5.32 Å². The Kier molecular flexibility index (Phi) is 5.06. The number of nitrogens with one attached hydrogen (secondary N) is 1. The van der Waals surface area contributed by atoms with Gasteiger partial charge in [-0.25, -0.2) is 0 Å². The van der Waals surface area contributed by atoms with Crippen LogP contribution in [-0.4, -0.2) is 13.0 Å². The summed E-state index contributed by atoms with van der Waals surface area (Å²) in [7, 11) is 1.68. The van der Waals surface area contributed by atoms with Gasteiger partial charge in [-0.2, -0.15) is 0 Å². The van der Waals surface area contributed by atoms with Crippen molar-refractivity contribution in [1.29, 1.82) is 0 Å². The van der Waals surface area contributed by atoms with Crippen molar-refractivity contribution in [2.45, 2.75) is 25.8 Å². The molecule has 0 radical (unpaired) electrons. The third-order valence-electron chi connectivity index (χ3n) is 4.98. The molecule has 1 aliphatic carbocycles. The number of benzene rings is 2. The minimum atomic E-state index is -0.0443. The summed E-state index contributed by atoms with van der Waals surface area (Å²) < 4.78 is 6.41. The second-order valence-corrected chi connectivity index (χ2v) is 8.70. The van der Waals surface area contributed by atoms with Crippen LogP contribution in [0.15, 0.2) is 53.0 Å². The number of hydrogen-bond donors (Lipinski definition) is 1. The zero-order valence-corrected chi connectivity index (χ0v) is 17.6. The summed E-state index contributed by atoms with van der Waals surface area (Å²) in [6.07, 6.45) is 1.97. The molecule has 27 heavy (non-hydrogen) atoms. The van der Waals surface area contributed by atoms with Gasteiger partial charge in [0, 0.05) is 9.35 Å². The van der Waals surface area contributed by atoms with Gasteiger partial charge in [0.15, 0.2) is 0 Å². The molecule has 1 amide bonds. The summed E-state index contributed by atoms with van der Waals surface area (Å²) in [6.45, 7) is 2.01. The first-order valence-electron chi connectivity index (χ1n) is 8.91. The standard InChI is InChI=1S/C22H20BrNO2S/c1-13(14-5-8-17(23)9-6-14)24-22(25)20-11-16-4-3-15-7-10-18(26-2)12-19(15)21(16)27-20/h5-13H,3-4H2,1-2H3,(H,24,25)/t13-/m1/s1. The number of aryl methyl sites for hydroxylation is 2. The lowest BCUT2D eigenvalue weighted by Gasteiger charge is -2.16. The van der Waals surface area contributed by atoms with Gasteiger partial charge in [-0.15, -0.1) is 11.3 Å². The average Bonchev–Trinajstić information content (AvgIpc) is 3.13. The first-order chi connectivity index (χ1) is 13.0. The van der Waals surface area contributed by atoms with Crippen molar-refractivity contribution in [2.75, 3.05) is 7.11 Å². The maximum atomic E-state index is 12.8. The van der Waals surface area contributed by atoms with E-state index in [4.69, 9.17) is 4.74 Å². The average molecular weight is 442 g/mol. The minimum Gasteiger partial charge on any atom is -0.497 e. The molecule has 2 aromatic carbocycles. The van der Waals surface area contributed by atoms with Crippen LogP contribution in [0.3, 0.4) is 0 Å². The van der Waals surface area contributed by atoms with E-state index in [0.717, 1.165) is 33.5 Å². The molecule has 3 nitrogen and oxygen atoms in total. The highest BCUT2D eigenvalue weighted by Gasteiger charge is 2.23. The fraction of sp³-hybridized carbons (Fsp3) is 0.227. The van der Waals surface area contributed by atoms with Gasteiger partial charge in [-0.3, -0.25) is 4.79 Å². The van der Waals surface area contributed by atoms with E-state index in [9.17, 15) is 4.79 Å². The predicted octanol–water partition coefficient (Wildman–Crippen LogP) is 5.78. The SMILES string of the molecule is COc1ccc2c(c1)-c1sc(C(=O)N[C@H](C)c3ccc(Br)cc3)cc1CC2. The molecule has 1 aromatic heterocycles. The molecule has 3 aromatic rings. The molecule has 4 rings (SSSR count). The van der Waals surface area contributed by atoms with Crippen molar-refractivity contribution in [3.05, 3.63) is 74.6 Å². The van der Waals surface area contributed by atoms with E-state index in [2.05, 4.69) is 33.4 Å². The second kappa shape index (κ2) is 7.49. The summed E-state index contributed by atoms with van der Waals surface area (Å²) in [6, 6.07) is 16.3. The smallest absolute Gasteiger partial charge is 0.261 e. The van der Waals surface area contributed by atoms with E-state index in [-0.39, 0.29) is 11.9 Å². The van der Waals surface area contributed by atoms with Crippen molar-refractivity contribution in [3.8, 4) is 16.2 Å². The molecular formula is C22H20BrNO2S. The van der Waals surface area contributed by atoms with E-state index in [1.54, 1.807) is 18.4 Å². The third kappa shape index (κ3) is 3.66. The summed E-state index contributed by atoms with van der Waals surface area (Å²) in [5.74, 6) is 0.833. The van der Waals surface area contributed by atoms with Gasteiger partial charge >= 0.3 is 0 Å². The molecule has 0 unspecified atom stereocenters. The van der Waals surface area contributed by atoms with Crippen LogP contribution in [0.25, 0.3) is 10.4 Å². The van der Waals surface area contributed by atoms with Gasteiger partial charge in [-0.1, -0.05) is 34.1 Å². The number of carbonyl (C=O) groups excluding carboxylic acids is 1. The van der Waals surface area contributed by atoms with Crippen LogP contribution in [-0.2, 0) is 12.8 Å². The minimum absolute atomic E-state index is 0.0192. The van der Waals surface area contributed by atoms with Crippen LogP contribution in [0.2, 0.25) is 0 Å². The van der Waals surface area contributed by atoms with Crippen LogP contribution in [0.5, 0.6) is 5.75 Å². The molecule has 0 bridgehead atoms. The second-order valence-electron chi connectivity index (χ2n) is 6.73. The fourth-order valence-electron chi connectivity index (χ4n) is 3.44. The number of halogens is 1. The van der Waals surface area contributed by atoms with E-state index in [1.807, 2.05) is 43.3 Å². The van der Waals surface area contributed by atoms with Gasteiger partial charge in [-0.05, 0) is 72.4 Å². The zero-order chi connectivity index (χ0) is 19.0. The topological polar surface area (TPSA) is 38.3 Å². The highest BCUT2D eigenvalue weighted by molar-refractivity contribution is 9.10. The molecule has 1 atom stereocenters. The quantitative estimate of drug-likeness (QED) is 0.557. The Labute approximate surface area is 171 Å². The monoisotopic (exact) mass is 441 g/mol. The largest absolute Gasteiger partial charge is 0.497 e. The molecule has 1 aliphatic rings. The summed E-state index contributed by atoms with van der Waals surface area (Å²) in [4.78, 5) is 14.8. The van der Waals surface area contributed by atoms with Crippen LogP contribution in [0.4, 0.5) is 0 Å². The maximum Gasteiger partial charge on any atom is 0.261 e. The van der Waals surface area contributed by atoms with E-state index < -0.39 is 0 Å². The van der Waals surface area contributed by atoms with Gasteiger partial charge in [0.05, 0.1) is 18.0 Å². The molecule has 0 aliphatic heterocycles. The first-order valence-corrected chi connectivity index (χ1v) is 10.5. The van der Waals surface area contributed by atoms with Crippen LogP contribution >= 0.6 is 27.3 Å². The maximum absolute atomic E-state index is 12.8. The van der Waals surface area contributed by atoms with E-state index in [0.29, 0.717) is 0 Å². The van der Waals surface area contributed by atoms with Crippen molar-refractivity contribution in [3.63, 3.8) is 0 Å². The highest BCUT2D eigenvalue weighted by atomic mass is 79.9. The number of methoxy groups -OCH3 is 1. The molecular weight excluding hydrogens is 422 g/mol. The number of rotatable bonds is 4. The van der Waals surface area contributed by atoms with Crippen LogP contribution in [0, 0.1) is 0 Å². The summed E-state index contributed by atoms with van der Waals surface area (Å²) >= 11 is 5.01. The van der Waals surface area contributed by atoms with Crippen LogP contribution in [0.1, 0.15) is 39.3 Å². The van der Waals surface area contributed by atoms with Gasteiger partial charge in [0.25, 0.3) is 5.91 Å². The third-order valence-corrected chi connectivity index (χ3v) is 6.71. The van der Waals surface area contributed by atoms with E-state index >= 15 is 0 Å². The molecule has 0 saturated carbocycles. The fourth-order valence-corrected chi connectivity index (χ4v) is 4.87. The number of ether oxygens (including phenoxy) is 1. The Bertz CT molecular complexity index is 994. The van der Waals surface area contributed by atoms with Gasteiger partial charge in [0.2, 0.25) is 0 Å². The first kappa shape index (κ1) is 18.3. The van der Waals surface area contributed by atoms with E-state index in [1.165, 1.54) is 21.6 Å². The zero-order valence-electron chi connectivity index (χ0n) is 15.2. The lowest BCUT2D eigenvalue weighted by molar-refractivity contribution is 0.0944. The highest BCUT2D eigenvalue weighted by Crippen LogP contribution is 2.41. The number of fused-ring (bicyclic) bond motifs is 3. The Morgan fingerprint density at radius 1 is 1.11 bits per heavy atom. The number of carbonyl (C=O) groups is 1. The number of amides is 1. The molecule has 1 N–H and O–H groups in total. The number of thiophene rings is 1. The Hall–Kier alpha value is -2.11. The molecule has 1 heterocycles. The van der Waals surface area contributed by atoms with Crippen molar-refractivity contribution >= 4 is 33.2 Å². The Balaban J connectivity index is 1.58. The summed E-state index contributed by atoms with van der Waals surface area (Å²) in [5, 5.41) is 3.12. The molecule has 5 heteroatoms. The summed E-state index contributed by atoms with van der Waals surface area (Å²) in [5.41, 5.74) is 4.85. The Morgan fingerprint density at radius 3 is 2.59 bits per heavy atom. The molecule has 0 spiro atoms. The van der Waals surface area contributed by atoms with Gasteiger partial charge < -0.3 is 10.1 Å². The Morgan fingerprint density at radius 2 is 1.85 bits per heavy atom. The molecule has 0 saturated heterocycles. The van der Waals surface area contributed by atoms with Crippen LogP contribution < -0.4 is 10.1 Å². The lowest BCUT2D eigenvalue weighted by atomic mass is 9.91. The van der Waals surface area contributed by atoms with Crippen molar-refractivity contribution in [2.24, 2.45) is 0 Å². The molecule has 138 valence electrons. The molecule has 0 fully saturated rings. The predicted molar refractivity (Wildman–Crippen MR) is 114 cm³/mol. The lowest BCUT2D eigenvalue weighted by Crippen LogP contribution is -2.25.